The highest BCUT2D eigenvalue weighted by Crippen LogP contribution is 2.25. The topological polar surface area (TPSA) is 91.8 Å². The highest BCUT2D eigenvalue weighted by atomic mass is 16.6. The Balaban J connectivity index is 3.11. The third-order valence-electron chi connectivity index (χ3n) is 1.75. The molecule has 0 radical (unpaired) electrons. The normalized spacial score (nSPS) is 8.50. The van der Waals surface area contributed by atoms with Crippen LogP contribution in [0.4, 0.5) is 11.5 Å². The number of nitro groups is 1. The molecule has 0 aliphatic rings. The largest absolute Gasteiger partial charge is 0.353 e. The van der Waals surface area contributed by atoms with Crippen LogP contribution in [0.5, 0.6) is 0 Å². The zero-order valence-corrected chi connectivity index (χ0v) is 8.52. The van der Waals surface area contributed by atoms with E-state index in [0.29, 0.717) is 0 Å². The highest BCUT2D eigenvalue weighted by molar-refractivity contribution is 5.64. The van der Waals surface area contributed by atoms with Crippen LogP contribution in [0.1, 0.15) is 12.5 Å². The minimum Gasteiger partial charge on any atom is -0.353 e. The third-order valence-corrected chi connectivity index (χ3v) is 1.75. The van der Waals surface area contributed by atoms with Crippen LogP contribution in [-0.2, 0) is 0 Å². The van der Waals surface area contributed by atoms with Crippen LogP contribution in [-0.4, -0.2) is 16.5 Å². The van der Waals surface area contributed by atoms with Crippen LogP contribution in [0.25, 0.3) is 0 Å². The minimum absolute atomic E-state index is 0.0213. The summed E-state index contributed by atoms with van der Waals surface area (Å²) < 4.78 is 0. The molecule has 0 aliphatic carbocycles. The van der Waals surface area contributed by atoms with E-state index in [1.807, 2.05) is 0 Å². The molecule has 1 rings (SSSR count). The van der Waals surface area contributed by atoms with E-state index < -0.39 is 4.92 Å². The SMILES string of the molecule is CC#CCNc1nccc(C#N)c1[N+](=O)[O-]. The van der Waals surface area contributed by atoms with Crippen LogP contribution >= 0.6 is 0 Å². The summed E-state index contributed by atoms with van der Waals surface area (Å²) in [6.07, 6.45) is 1.34. The highest BCUT2D eigenvalue weighted by Gasteiger charge is 2.20. The molecule has 0 fully saturated rings. The lowest BCUT2D eigenvalue weighted by molar-refractivity contribution is -0.384. The van der Waals surface area contributed by atoms with E-state index in [0.717, 1.165) is 0 Å². The number of hydrogen-bond acceptors (Lipinski definition) is 5. The molecule has 16 heavy (non-hydrogen) atoms. The predicted octanol–water partition coefficient (Wildman–Crippen LogP) is 1.30. The number of rotatable bonds is 3. The number of hydrogen-bond donors (Lipinski definition) is 1. The molecule has 6 nitrogen and oxygen atoms in total. The second kappa shape index (κ2) is 5.32. The van der Waals surface area contributed by atoms with E-state index in [4.69, 9.17) is 5.26 Å². The molecule has 0 bridgehead atoms. The van der Waals surface area contributed by atoms with Crippen molar-refractivity contribution in [3.8, 4) is 17.9 Å². The van der Waals surface area contributed by atoms with Crippen molar-refractivity contribution < 1.29 is 4.92 Å². The van der Waals surface area contributed by atoms with Crippen LogP contribution in [0.15, 0.2) is 12.3 Å². The molecular formula is C10H8N4O2. The number of pyridine rings is 1. The van der Waals surface area contributed by atoms with Crippen molar-refractivity contribution >= 4 is 11.5 Å². The Bertz CT molecular complexity index is 508. The standard InChI is InChI=1S/C10H8N4O2/c1-2-3-5-12-10-9(14(15)16)8(7-11)4-6-13-10/h4,6H,5H2,1H3,(H,12,13). The lowest BCUT2D eigenvalue weighted by Gasteiger charge is -2.02. The van der Waals surface area contributed by atoms with Gasteiger partial charge in [-0.05, 0) is 13.0 Å². The van der Waals surface area contributed by atoms with Crippen LogP contribution in [0, 0.1) is 33.3 Å². The summed E-state index contributed by atoms with van der Waals surface area (Å²) in [5.41, 5.74) is -0.338. The van der Waals surface area contributed by atoms with Crippen molar-refractivity contribution in [2.45, 2.75) is 6.92 Å². The second-order valence-electron chi connectivity index (χ2n) is 2.70. The van der Waals surface area contributed by atoms with Gasteiger partial charge in [-0.15, -0.1) is 5.92 Å². The van der Waals surface area contributed by atoms with Crippen molar-refractivity contribution in [1.82, 2.24) is 4.98 Å². The Morgan fingerprint density at radius 3 is 3.00 bits per heavy atom. The van der Waals surface area contributed by atoms with Crippen molar-refractivity contribution in [1.29, 1.82) is 5.26 Å². The monoisotopic (exact) mass is 216 g/mol. The zero-order valence-electron chi connectivity index (χ0n) is 8.52. The quantitative estimate of drug-likeness (QED) is 0.467. The number of nitriles is 1. The van der Waals surface area contributed by atoms with Gasteiger partial charge in [0.05, 0.1) is 11.5 Å². The number of nitrogens with zero attached hydrogens (tertiary/aromatic N) is 3. The van der Waals surface area contributed by atoms with Gasteiger partial charge in [-0.1, -0.05) is 5.92 Å². The molecule has 80 valence electrons. The first-order valence-corrected chi connectivity index (χ1v) is 4.37. The number of aromatic nitrogens is 1. The molecule has 0 aromatic carbocycles. The van der Waals surface area contributed by atoms with Crippen LogP contribution in [0.3, 0.4) is 0 Å². The van der Waals surface area contributed by atoms with E-state index in [-0.39, 0.29) is 23.6 Å². The Morgan fingerprint density at radius 2 is 2.44 bits per heavy atom. The third kappa shape index (κ3) is 2.46. The van der Waals surface area contributed by atoms with Gasteiger partial charge in [0.1, 0.15) is 11.6 Å². The maximum atomic E-state index is 10.8. The summed E-state index contributed by atoms with van der Waals surface area (Å²) in [6.45, 7) is 1.91. The zero-order chi connectivity index (χ0) is 12.0. The van der Waals surface area contributed by atoms with Crippen molar-refractivity contribution in [2.24, 2.45) is 0 Å². The molecule has 0 aliphatic heterocycles. The molecule has 1 heterocycles. The van der Waals surface area contributed by atoms with Crippen LogP contribution in [0.2, 0.25) is 0 Å². The van der Waals surface area contributed by atoms with E-state index in [9.17, 15) is 10.1 Å². The maximum absolute atomic E-state index is 10.8. The summed E-state index contributed by atoms with van der Waals surface area (Å²) in [5.74, 6) is 5.40. The fraction of sp³-hybridized carbons (Fsp3) is 0.200. The lowest BCUT2D eigenvalue weighted by Crippen LogP contribution is -2.05. The molecule has 6 heteroatoms. The predicted molar refractivity (Wildman–Crippen MR) is 57.5 cm³/mol. The first-order valence-electron chi connectivity index (χ1n) is 4.37. The van der Waals surface area contributed by atoms with Crippen LogP contribution < -0.4 is 5.32 Å². The summed E-state index contributed by atoms with van der Waals surface area (Å²) in [7, 11) is 0. The average Bonchev–Trinajstić information content (AvgIpc) is 2.28. The van der Waals surface area contributed by atoms with E-state index in [1.54, 1.807) is 13.0 Å². The Hall–Kier alpha value is -2.60. The molecule has 0 atom stereocenters. The smallest absolute Gasteiger partial charge is 0.329 e. The van der Waals surface area contributed by atoms with Gasteiger partial charge in [0.15, 0.2) is 0 Å². The lowest BCUT2D eigenvalue weighted by atomic mass is 10.2. The summed E-state index contributed by atoms with van der Waals surface area (Å²) in [4.78, 5) is 13.9. The van der Waals surface area contributed by atoms with Gasteiger partial charge >= 0.3 is 5.69 Å². The van der Waals surface area contributed by atoms with E-state index >= 15 is 0 Å². The molecule has 1 N–H and O–H groups in total. The molecule has 0 unspecified atom stereocenters. The van der Waals surface area contributed by atoms with E-state index in [1.165, 1.54) is 12.3 Å². The van der Waals surface area contributed by atoms with Gasteiger partial charge in [0.2, 0.25) is 5.82 Å². The van der Waals surface area contributed by atoms with Gasteiger partial charge in [0, 0.05) is 6.20 Å². The molecule has 0 spiro atoms. The minimum atomic E-state index is -0.632. The first kappa shape index (κ1) is 11.5. The molecule has 0 saturated carbocycles. The van der Waals surface area contributed by atoms with Gasteiger partial charge in [0.25, 0.3) is 0 Å². The summed E-state index contributed by atoms with van der Waals surface area (Å²) >= 11 is 0. The fourth-order valence-electron chi connectivity index (χ4n) is 1.07. The van der Waals surface area contributed by atoms with Gasteiger partial charge in [-0.25, -0.2) is 4.98 Å². The molecule has 1 aromatic heterocycles. The number of anilines is 1. The second-order valence-corrected chi connectivity index (χ2v) is 2.70. The molecule has 0 saturated heterocycles. The molecular weight excluding hydrogens is 208 g/mol. The van der Waals surface area contributed by atoms with Crippen molar-refractivity contribution in [3.05, 3.63) is 27.9 Å². The Labute approximate surface area is 92.1 Å². The Kier molecular flexibility index (Phi) is 3.82. The van der Waals surface area contributed by atoms with Gasteiger partial charge in [-0.3, -0.25) is 10.1 Å². The fourth-order valence-corrected chi connectivity index (χ4v) is 1.07. The molecule has 0 amide bonds. The van der Waals surface area contributed by atoms with Gasteiger partial charge < -0.3 is 5.32 Å². The Morgan fingerprint density at radius 1 is 1.69 bits per heavy atom. The average molecular weight is 216 g/mol. The van der Waals surface area contributed by atoms with Crippen molar-refractivity contribution in [3.63, 3.8) is 0 Å². The maximum Gasteiger partial charge on any atom is 0.329 e. The summed E-state index contributed by atoms with van der Waals surface area (Å²) in [5, 5.41) is 22.2. The van der Waals surface area contributed by atoms with Gasteiger partial charge in [-0.2, -0.15) is 5.26 Å². The van der Waals surface area contributed by atoms with Crippen molar-refractivity contribution in [2.75, 3.05) is 11.9 Å². The first-order chi connectivity index (χ1) is 7.70. The number of nitrogens with one attached hydrogen (secondary N) is 1. The summed E-state index contributed by atoms with van der Waals surface area (Å²) in [6, 6.07) is 3.05. The molecule has 1 aromatic rings. The van der Waals surface area contributed by atoms with E-state index in [2.05, 4.69) is 22.1 Å².